The first-order valence-corrected chi connectivity index (χ1v) is 6.46. The molecule has 9 heteroatoms. The molecule has 0 atom stereocenters. The van der Waals surface area contributed by atoms with E-state index in [2.05, 4.69) is 19.7 Å². The van der Waals surface area contributed by atoms with Gasteiger partial charge in [0.2, 0.25) is 0 Å². The van der Waals surface area contributed by atoms with Gasteiger partial charge in [0.05, 0.1) is 12.9 Å². The largest absolute Gasteiger partial charge is 0.573 e. The van der Waals surface area contributed by atoms with Crippen LogP contribution in [0.3, 0.4) is 0 Å². The van der Waals surface area contributed by atoms with Crippen molar-refractivity contribution in [3.8, 4) is 5.75 Å². The van der Waals surface area contributed by atoms with Gasteiger partial charge in [-0.2, -0.15) is 0 Å². The van der Waals surface area contributed by atoms with E-state index in [1.807, 2.05) is 0 Å². The summed E-state index contributed by atoms with van der Waals surface area (Å²) in [6, 6.07) is 5.58. The smallest absolute Gasteiger partial charge is 0.406 e. The number of rotatable bonds is 3. The fourth-order valence-electron chi connectivity index (χ4n) is 1.96. The van der Waals surface area contributed by atoms with Crippen LogP contribution in [0.4, 0.5) is 13.2 Å². The van der Waals surface area contributed by atoms with E-state index < -0.39 is 6.36 Å². The van der Waals surface area contributed by atoms with Gasteiger partial charge >= 0.3 is 6.36 Å². The maximum Gasteiger partial charge on any atom is 0.573 e. The highest BCUT2D eigenvalue weighted by molar-refractivity contribution is 6.33. The van der Waals surface area contributed by atoms with Crippen molar-refractivity contribution < 1.29 is 17.9 Å². The van der Waals surface area contributed by atoms with Gasteiger partial charge in [-0.05, 0) is 17.7 Å². The standard InChI is InChI=1S/C13H8ClF3N4O/c14-11-10-12(19-6-18-11)21(7-20-10)5-8-1-3-9(4-2-8)22-13(15,16)17/h1-4,6-7H,5H2. The van der Waals surface area contributed by atoms with E-state index in [0.29, 0.717) is 17.7 Å². The molecule has 5 nitrogen and oxygen atoms in total. The molecule has 0 saturated carbocycles. The van der Waals surface area contributed by atoms with Gasteiger partial charge in [-0.1, -0.05) is 23.7 Å². The summed E-state index contributed by atoms with van der Waals surface area (Å²) in [5.74, 6) is -0.267. The molecule has 0 bridgehead atoms. The van der Waals surface area contributed by atoms with E-state index in [1.165, 1.54) is 30.6 Å². The molecule has 3 rings (SSSR count). The van der Waals surface area contributed by atoms with Crippen LogP contribution in [0.1, 0.15) is 5.56 Å². The zero-order valence-corrected chi connectivity index (χ0v) is 11.6. The van der Waals surface area contributed by atoms with Crippen LogP contribution in [0, 0.1) is 0 Å². The number of ether oxygens (including phenoxy) is 1. The maximum atomic E-state index is 12.1. The molecular weight excluding hydrogens is 321 g/mol. The number of hydrogen-bond acceptors (Lipinski definition) is 4. The quantitative estimate of drug-likeness (QED) is 0.691. The van der Waals surface area contributed by atoms with Crippen LogP contribution in [-0.4, -0.2) is 25.9 Å². The number of nitrogens with zero attached hydrogens (tertiary/aromatic N) is 4. The predicted octanol–water partition coefficient (Wildman–Crippen LogP) is 3.43. The molecule has 114 valence electrons. The van der Waals surface area contributed by atoms with Crippen molar-refractivity contribution in [2.45, 2.75) is 12.9 Å². The summed E-state index contributed by atoms with van der Waals surface area (Å²) in [6.45, 7) is 0.385. The van der Waals surface area contributed by atoms with Gasteiger partial charge in [0.25, 0.3) is 0 Å². The highest BCUT2D eigenvalue weighted by Gasteiger charge is 2.30. The zero-order valence-electron chi connectivity index (χ0n) is 10.9. The molecule has 0 N–H and O–H groups in total. The Morgan fingerprint density at radius 1 is 1.09 bits per heavy atom. The lowest BCUT2D eigenvalue weighted by Gasteiger charge is -2.09. The summed E-state index contributed by atoms with van der Waals surface area (Å²) >= 11 is 5.91. The number of benzene rings is 1. The van der Waals surface area contributed by atoms with Gasteiger partial charge in [0, 0.05) is 0 Å². The number of hydrogen-bond donors (Lipinski definition) is 0. The fraction of sp³-hybridized carbons (Fsp3) is 0.154. The van der Waals surface area contributed by atoms with E-state index in [0.717, 1.165) is 5.56 Å². The number of alkyl halides is 3. The van der Waals surface area contributed by atoms with Crippen LogP contribution >= 0.6 is 11.6 Å². The monoisotopic (exact) mass is 328 g/mol. The first-order chi connectivity index (χ1) is 10.4. The second-order valence-electron chi connectivity index (χ2n) is 4.40. The van der Waals surface area contributed by atoms with Crippen molar-refractivity contribution >= 4 is 22.8 Å². The van der Waals surface area contributed by atoms with Gasteiger partial charge < -0.3 is 9.30 Å². The third kappa shape index (κ3) is 3.11. The van der Waals surface area contributed by atoms with Gasteiger partial charge in [-0.25, -0.2) is 15.0 Å². The molecule has 0 spiro atoms. The van der Waals surface area contributed by atoms with E-state index in [4.69, 9.17) is 11.6 Å². The second kappa shape index (κ2) is 5.45. The minimum Gasteiger partial charge on any atom is -0.406 e. The number of fused-ring (bicyclic) bond motifs is 1. The van der Waals surface area contributed by atoms with Crippen molar-refractivity contribution in [1.29, 1.82) is 0 Å². The van der Waals surface area contributed by atoms with E-state index >= 15 is 0 Å². The molecule has 2 heterocycles. The lowest BCUT2D eigenvalue weighted by molar-refractivity contribution is -0.274. The first-order valence-electron chi connectivity index (χ1n) is 6.08. The molecule has 0 unspecified atom stereocenters. The third-order valence-corrected chi connectivity index (χ3v) is 3.14. The molecule has 0 aliphatic carbocycles. The van der Waals surface area contributed by atoms with Crippen molar-refractivity contribution in [3.05, 3.63) is 47.6 Å². The molecule has 0 aliphatic heterocycles. The van der Waals surface area contributed by atoms with E-state index in [-0.39, 0.29) is 10.9 Å². The maximum absolute atomic E-state index is 12.1. The minimum absolute atomic E-state index is 0.248. The van der Waals surface area contributed by atoms with Crippen molar-refractivity contribution in [2.24, 2.45) is 0 Å². The molecule has 0 saturated heterocycles. The summed E-state index contributed by atoms with van der Waals surface area (Å²) in [5.41, 5.74) is 1.79. The Hall–Kier alpha value is -2.35. The number of imidazole rings is 1. The Labute approximate surface area is 127 Å². The lowest BCUT2D eigenvalue weighted by Crippen LogP contribution is -2.17. The average molecular weight is 329 g/mol. The Bertz CT molecular complexity index is 801. The molecule has 1 aromatic carbocycles. The van der Waals surface area contributed by atoms with Crippen molar-refractivity contribution in [3.63, 3.8) is 0 Å². The molecular formula is C13H8ClF3N4O. The highest BCUT2D eigenvalue weighted by Crippen LogP contribution is 2.23. The molecule has 22 heavy (non-hydrogen) atoms. The van der Waals surface area contributed by atoms with Crippen LogP contribution < -0.4 is 4.74 Å². The van der Waals surface area contributed by atoms with Gasteiger partial charge in [-0.15, -0.1) is 13.2 Å². The predicted molar refractivity (Wildman–Crippen MR) is 72.6 cm³/mol. The molecule has 0 radical (unpaired) electrons. The Balaban J connectivity index is 1.82. The van der Waals surface area contributed by atoms with Crippen molar-refractivity contribution in [1.82, 2.24) is 19.5 Å². The van der Waals surface area contributed by atoms with Crippen LogP contribution in [0.15, 0.2) is 36.9 Å². The Morgan fingerprint density at radius 2 is 1.82 bits per heavy atom. The van der Waals surface area contributed by atoms with E-state index in [9.17, 15) is 13.2 Å². The molecule has 0 fully saturated rings. The summed E-state index contributed by atoms with van der Waals surface area (Å²) in [5, 5.41) is 0.248. The van der Waals surface area contributed by atoms with Gasteiger partial charge in [0.15, 0.2) is 10.8 Å². The zero-order chi connectivity index (χ0) is 15.7. The summed E-state index contributed by atoms with van der Waals surface area (Å²) < 4.78 is 41.8. The number of aromatic nitrogens is 4. The normalized spacial score (nSPS) is 11.8. The molecule has 0 aliphatic rings. The van der Waals surface area contributed by atoms with Crippen LogP contribution in [0.2, 0.25) is 5.15 Å². The molecule has 2 aromatic heterocycles. The van der Waals surface area contributed by atoms with Crippen LogP contribution in [0.5, 0.6) is 5.75 Å². The first kappa shape index (κ1) is 14.6. The number of halogens is 4. The minimum atomic E-state index is -4.70. The third-order valence-electron chi connectivity index (χ3n) is 2.87. The molecule has 3 aromatic rings. The van der Waals surface area contributed by atoms with Crippen molar-refractivity contribution in [2.75, 3.05) is 0 Å². The summed E-state index contributed by atoms with van der Waals surface area (Å²) in [7, 11) is 0. The van der Waals surface area contributed by atoms with Gasteiger partial charge in [0.1, 0.15) is 17.6 Å². The molecule has 0 amide bonds. The topological polar surface area (TPSA) is 52.8 Å². The van der Waals surface area contributed by atoms with Crippen LogP contribution in [0.25, 0.3) is 11.2 Å². The Morgan fingerprint density at radius 3 is 2.50 bits per heavy atom. The summed E-state index contributed by atoms with van der Waals surface area (Å²) in [6.07, 6.45) is -1.83. The van der Waals surface area contributed by atoms with Gasteiger partial charge in [-0.3, -0.25) is 0 Å². The fourth-order valence-corrected chi connectivity index (χ4v) is 2.14. The van der Waals surface area contributed by atoms with E-state index in [1.54, 1.807) is 10.9 Å². The average Bonchev–Trinajstić information content (AvgIpc) is 2.84. The summed E-state index contributed by atoms with van der Waals surface area (Å²) in [4.78, 5) is 12.0. The van der Waals surface area contributed by atoms with Crippen LogP contribution in [-0.2, 0) is 6.54 Å². The highest BCUT2D eigenvalue weighted by atomic mass is 35.5. The second-order valence-corrected chi connectivity index (χ2v) is 4.76. The SMILES string of the molecule is FC(F)(F)Oc1ccc(Cn2cnc3c(Cl)ncnc32)cc1. The lowest BCUT2D eigenvalue weighted by atomic mass is 10.2. The Kier molecular flexibility index (Phi) is 3.61.